The van der Waals surface area contributed by atoms with Crippen LogP contribution in [0, 0.1) is 5.92 Å². The lowest BCUT2D eigenvalue weighted by Crippen LogP contribution is -2.24. The molecule has 114 valence electrons. The fourth-order valence-corrected chi connectivity index (χ4v) is 3.51. The Hall–Kier alpha value is -1.39. The van der Waals surface area contributed by atoms with E-state index in [2.05, 4.69) is 24.9 Å². The standard InChI is InChI=1S/C17H24N2O2/c1-11(2)14-7-8-19-10-18-9-15(19)16(14)17(21)12-3-5-13(20)6-4-12/h7-13,17,20-21H,3-6H2,1-2H3/t12-,13+,17-/m0/s1. The van der Waals surface area contributed by atoms with E-state index in [0.717, 1.165) is 36.8 Å². The summed E-state index contributed by atoms with van der Waals surface area (Å²) in [5.74, 6) is 0.593. The maximum Gasteiger partial charge on any atom is 0.0992 e. The minimum atomic E-state index is -0.477. The molecule has 0 spiro atoms. The summed E-state index contributed by atoms with van der Waals surface area (Å²) in [7, 11) is 0. The average molecular weight is 288 g/mol. The lowest BCUT2D eigenvalue weighted by Gasteiger charge is -2.31. The first-order chi connectivity index (χ1) is 10.1. The lowest BCUT2D eigenvalue weighted by molar-refractivity contribution is 0.0414. The molecule has 0 amide bonds. The fraction of sp³-hybridized carbons (Fsp3) is 0.588. The van der Waals surface area contributed by atoms with Crippen molar-refractivity contribution in [1.82, 2.24) is 9.38 Å². The highest BCUT2D eigenvalue weighted by Gasteiger charge is 2.29. The second kappa shape index (κ2) is 5.78. The van der Waals surface area contributed by atoms with Crippen molar-refractivity contribution in [3.63, 3.8) is 0 Å². The van der Waals surface area contributed by atoms with Crippen LogP contribution in [0.4, 0.5) is 0 Å². The molecule has 1 aliphatic carbocycles. The van der Waals surface area contributed by atoms with Gasteiger partial charge in [-0.15, -0.1) is 0 Å². The average Bonchev–Trinajstić information content (AvgIpc) is 2.94. The minimum absolute atomic E-state index is 0.191. The van der Waals surface area contributed by atoms with Gasteiger partial charge in [-0.3, -0.25) is 0 Å². The zero-order valence-electron chi connectivity index (χ0n) is 12.7. The van der Waals surface area contributed by atoms with Crippen LogP contribution in [-0.4, -0.2) is 25.7 Å². The van der Waals surface area contributed by atoms with Crippen molar-refractivity contribution in [2.24, 2.45) is 5.92 Å². The molecule has 0 radical (unpaired) electrons. The third kappa shape index (κ3) is 2.70. The molecule has 2 heterocycles. The molecule has 2 aromatic rings. The maximum absolute atomic E-state index is 11.0. The Morgan fingerprint density at radius 3 is 2.62 bits per heavy atom. The van der Waals surface area contributed by atoms with Gasteiger partial charge in [0.1, 0.15) is 0 Å². The minimum Gasteiger partial charge on any atom is -0.393 e. The van der Waals surface area contributed by atoms with Crippen LogP contribution in [0.5, 0.6) is 0 Å². The first-order valence-corrected chi connectivity index (χ1v) is 7.88. The maximum atomic E-state index is 11.0. The molecular weight excluding hydrogens is 264 g/mol. The molecule has 1 saturated carbocycles. The molecule has 1 atom stereocenters. The Morgan fingerprint density at radius 1 is 1.24 bits per heavy atom. The van der Waals surface area contributed by atoms with Gasteiger partial charge in [-0.05, 0) is 49.1 Å². The van der Waals surface area contributed by atoms with E-state index in [1.165, 1.54) is 5.56 Å². The first-order valence-electron chi connectivity index (χ1n) is 7.88. The lowest BCUT2D eigenvalue weighted by atomic mass is 9.79. The second-order valence-electron chi connectivity index (χ2n) is 6.54. The van der Waals surface area contributed by atoms with Gasteiger partial charge in [0.15, 0.2) is 0 Å². The molecule has 1 fully saturated rings. The topological polar surface area (TPSA) is 57.8 Å². The second-order valence-corrected chi connectivity index (χ2v) is 6.54. The van der Waals surface area contributed by atoms with E-state index in [-0.39, 0.29) is 12.0 Å². The van der Waals surface area contributed by atoms with Gasteiger partial charge >= 0.3 is 0 Å². The number of nitrogens with zero attached hydrogens (tertiary/aromatic N) is 2. The smallest absolute Gasteiger partial charge is 0.0992 e. The molecule has 21 heavy (non-hydrogen) atoms. The van der Waals surface area contributed by atoms with Gasteiger partial charge in [-0.25, -0.2) is 4.98 Å². The van der Waals surface area contributed by atoms with E-state index in [0.29, 0.717) is 5.92 Å². The summed E-state index contributed by atoms with van der Waals surface area (Å²) in [6, 6.07) is 2.09. The van der Waals surface area contributed by atoms with Crippen molar-refractivity contribution in [2.75, 3.05) is 0 Å². The highest BCUT2D eigenvalue weighted by atomic mass is 16.3. The van der Waals surface area contributed by atoms with Crippen LogP contribution in [-0.2, 0) is 0 Å². The van der Waals surface area contributed by atoms with E-state index < -0.39 is 6.10 Å². The van der Waals surface area contributed by atoms with Crippen molar-refractivity contribution in [1.29, 1.82) is 0 Å². The summed E-state index contributed by atoms with van der Waals surface area (Å²) in [4.78, 5) is 4.21. The van der Waals surface area contributed by atoms with Crippen molar-refractivity contribution in [3.05, 3.63) is 35.9 Å². The van der Waals surface area contributed by atoms with Crippen molar-refractivity contribution in [2.45, 2.75) is 57.7 Å². The number of hydrogen-bond donors (Lipinski definition) is 2. The third-order valence-corrected chi connectivity index (χ3v) is 4.77. The van der Waals surface area contributed by atoms with Crippen molar-refractivity contribution >= 4 is 5.52 Å². The van der Waals surface area contributed by atoms with Crippen LogP contribution >= 0.6 is 0 Å². The van der Waals surface area contributed by atoms with Crippen LogP contribution in [0.2, 0.25) is 0 Å². The molecule has 2 aromatic heterocycles. The van der Waals surface area contributed by atoms with Gasteiger partial charge in [0.25, 0.3) is 0 Å². The summed E-state index contributed by atoms with van der Waals surface area (Å²) in [5.41, 5.74) is 3.22. The fourth-order valence-electron chi connectivity index (χ4n) is 3.51. The monoisotopic (exact) mass is 288 g/mol. The number of fused-ring (bicyclic) bond motifs is 1. The predicted molar refractivity (Wildman–Crippen MR) is 82.2 cm³/mol. The third-order valence-electron chi connectivity index (χ3n) is 4.77. The van der Waals surface area contributed by atoms with Crippen molar-refractivity contribution < 1.29 is 10.2 Å². The molecular formula is C17H24N2O2. The largest absolute Gasteiger partial charge is 0.393 e. The SMILES string of the molecule is CC(C)c1ccn2cncc2c1[C@@H](O)[C@H]1CC[C@@H](O)CC1. The molecule has 0 unspecified atom stereocenters. The normalized spacial score (nSPS) is 24.6. The summed E-state index contributed by atoms with van der Waals surface area (Å²) in [6.45, 7) is 4.31. The van der Waals surface area contributed by atoms with Gasteiger partial charge in [0, 0.05) is 11.8 Å². The Balaban J connectivity index is 2.01. The van der Waals surface area contributed by atoms with Gasteiger partial charge in [-0.1, -0.05) is 13.8 Å². The molecule has 0 aliphatic heterocycles. The van der Waals surface area contributed by atoms with E-state index >= 15 is 0 Å². The number of hydrogen-bond acceptors (Lipinski definition) is 3. The van der Waals surface area contributed by atoms with Gasteiger partial charge in [-0.2, -0.15) is 0 Å². The van der Waals surface area contributed by atoms with Crippen LogP contribution in [0.15, 0.2) is 24.8 Å². The summed E-state index contributed by atoms with van der Waals surface area (Å²) < 4.78 is 1.97. The van der Waals surface area contributed by atoms with Crippen LogP contribution in [0.25, 0.3) is 5.52 Å². The van der Waals surface area contributed by atoms with Gasteiger partial charge in [0.2, 0.25) is 0 Å². The summed E-state index contributed by atoms with van der Waals surface area (Å²) in [5, 5.41) is 20.6. The van der Waals surface area contributed by atoms with Crippen molar-refractivity contribution in [3.8, 4) is 0 Å². The van der Waals surface area contributed by atoms with E-state index in [4.69, 9.17) is 0 Å². The quantitative estimate of drug-likeness (QED) is 0.912. The number of rotatable bonds is 3. The summed E-state index contributed by atoms with van der Waals surface area (Å²) >= 11 is 0. The molecule has 4 nitrogen and oxygen atoms in total. The molecule has 0 bridgehead atoms. The summed E-state index contributed by atoms with van der Waals surface area (Å²) in [6.07, 6.45) is 8.31. The first kappa shape index (κ1) is 14.5. The number of aliphatic hydroxyl groups is 2. The van der Waals surface area contributed by atoms with Gasteiger partial charge < -0.3 is 14.6 Å². The molecule has 0 aromatic carbocycles. The Morgan fingerprint density at radius 2 is 1.95 bits per heavy atom. The Bertz CT molecular complexity index is 612. The molecule has 0 saturated heterocycles. The van der Waals surface area contributed by atoms with Crippen LogP contribution in [0.1, 0.15) is 62.7 Å². The van der Waals surface area contributed by atoms with E-state index in [1.807, 2.05) is 16.8 Å². The highest BCUT2D eigenvalue weighted by Crippen LogP contribution is 2.39. The van der Waals surface area contributed by atoms with E-state index in [9.17, 15) is 10.2 Å². The number of aliphatic hydroxyl groups excluding tert-OH is 2. The molecule has 1 aliphatic rings. The predicted octanol–water partition coefficient (Wildman–Crippen LogP) is 3.04. The molecule has 4 heteroatoms. The number of imidazole rings is 1. The van der Waals surface area contributed by atoms with Crippen LogP contribution in [0.3, 0.4) is 0 Å². The van der Waals surface area contributed by atoms with Gasteiger partial charge in [0.05, 0.1) is 30.2 Å². The molecule has 2 N–H and O–H groups in total. The number of pyridine rings is 1. The van der Waals surface area contributed by atoms with E-state index in [1.54, 1.807) is 6.33 Å². The van der Waals surface area contributed by atoms with Crippen LogP contribution < -0.4 is 0 Å². The zero-order valence-corrected chi connectivity index (χ0v) is 12.7. The Kier molecular flexibility index (Phi) is 4.00. The highest BCUT2D eigenvalue weighted by molar-refractivity contribution is 5.58. The Labute approximate surface area is 125 Å². The number of aromatic nitrogens is 2. The zero-order chi connectivity index (χ0) is 15.0. The molecule has 3 rings (SSSR count).